The molecule has 2 aromatic rings. The van der Waals surface area contributed by atoms with Gasteiger partial charge < -0.3 is 10.2 Å². The Balaban J connectivity index is 2.83. The first kappa shape index (κ1) is 9.39. The molecule has 0 saturated heterocycles. The second-order valence-electron chi connectivity index (χ2n) is 3.16. The van der Waals surface area contributed by atoms with Gasteiger partial charge in [0.1, 0.15) is 0 Å². The molecule has 0 aliphatic rings. The average molecular weight is 203 g/mol. The molecule has 0 atom stereocenters. The summed E-state index contributed by atoms with van der Waals surface area (Å²) in [7, 11) is 0. The molecule has 0 aliphatic carbocycles. The van der Waals surface area contributed by atoms with Crippen LogP contribution in [0.25, 0.3) is 10.9 Å². The van der Waals surface area contributed by atoms with Gasteiger partial charge in [0.05, 0.1) is 17.3 Å². The molecule has 0 aromatic carbocycles. The summed E-state index contributed by atoms with van der Waals surface area (Å²) < 4.78 is 0. The number of nitrogens with one attached hydrogen (secondary N) is 1. The molecule has 0 radical (unpaired) electrons. The van der Waals surface area contributed by atoms with Crippen LogP contribution in [0.15, 0.2) is 28.3 Å². The Morgan fingerprint density at radius 3 is 3.13 bits per heavy atom. The van der Waals surface area contributed by atoms with Crippen LogP contribution in [-0.4, -0.2) is 21.4 Å². The van der Waals surface area contributed by atoms with Crippen LogP contribution in [0.4, 0.5) is 0 Å². The summed E-state index contributed by atoms with van der Waals surface area (Å²) >= 11 is 0. The van der Waals surface area contributed by atoms with Crippen molar-refractivity contribution in [3.05, 3.63) is 39.9 Å². The quantitative estimate of drug-likeness (QED) is 0.413. The summed E-state index contributed by atoms with van der Waals surface area (Å²) in [5.74, 6) is 0. The summed E-state index contributed by atoms with van der Waals surface area (Å²) in [6.45, 7) is 1.85. The first-order valence-electron chi connectivity index (χ1n) is 4.38. The number of H-pyrrole nitrogens is 1. The number of aromatic amines is 1. The van der Waals surface area contributed by atoms with Crippen molar-refractivity contribution >= 4 is 17.1 Å². The summed E-state index contributed by atoms with van der Waals surface area (Å²) in [5.41, 5.74) is 1.56. The molecule has 2 heterocycles. The minimum atomic E-state index is -0.286. The summed E-state index contributed by atoms with van der Waals surface area (Å²) in [6, 6.07) is 3.37. The zero-order valence-electron chi connectivity index (χ0n) is 8.06. The van der Waals surface area contributed by atoms with E-state index in [2.05, 4.69) is 15.1 Å². The van der Waals surface area contributed by atoms with E-state index in [4.69, 9.17) is 5.21 Å². The number of aromatic nitrogens is 2. The van der Waals surface area contributed by atoms with Crippen molar-refractivity contribution in [3.8, 4) is 0 Å². The summed E-state index contributed by atoms with van der Waals surface area (Å²) in [6.07, 6.45) is 2.73. The van der Waals surface area contributed by atoms with Gasteiger partial charge in [0.25, 0.3) is 5.56 Å². The summed E-state index contributed by atoms with van der Waals surface area (Å²) in [4.78, 5) is 18.3. The maximum Gasteiger partial charge on any atom is 0.257 e. The van der Waals surface area contributed by atoms with E-state index in [1.54, 1.807) is 18.3 Å². The lowest BCUT2D eigenvalue weighted by molar-refractivity contribution is 0.322. The van der Waals surface area contributed by atoms with Crippen LogP contribution in [0, 0.1) is 6.92 Å². The van der Waals surface area contributed by atoms with Gasteiger partial charge in [-0.05, 0) is 19.1 Å². The highest BCUT2D eigenvalue weighted by molar-refractivity contribution is 5.88. The molecule has 2 aromatic heterocycles. The highest BCUT2D eigenvalue weighted by Crippen LogP contribution is 2.12. The van der Waals surface area contributed by atoms with Crippen molar-refractivity contribution in [3.63, 3.8) is 0 Å². The molecule has 2 rings (SSSR count). The predicted octanol–water partition coefficient (Wildman–Crippen LogP) is 1.04. The molecule has 0 unspecified atom stereocenters. The minimum absolute atomic E-state index is 0.286. The molecule has 0 aliphatic heterocycles. The van der Waals surface area contributed by atoms with Gasteiger partial charge in [-0.1, -0.05) is 5.16 Å². The van der Waals surface area contributed by atoms with E-state index in [-0.39, 0.29) is 5.56 Å². The van der Waals surface area contributed by atoms with Crippen molar-refractivity contribution in [2.45, 2.75) is 6.92 Å². The van der Waals surface area contributed by atoms with Gasteiger partial charge in [0.15, 0.2) is 0 Å². The lowest BCUT2D eigenvalue weighted by atomic mass is 10.1. The Morgan fingerprint density at radius 1 is 1.60 bits per heavy atom. The summed E-state index contributed by atoms with van der Waals surface area (Å²) in [5, 5.41) is 12.1. The standard InChI is InChI=1S/C10H9N3O2/c1-6-8-4-7(5-12-15)10(14)13-9(8)2-3-11-6/h2-5,15H,1H3,(H,13,14)/b12-5+. The number of fused-ring (bicyclic) bond motifs is 1. The van der Waals surface area contributed by atoms with E-state index in [0.717, 1.165) is 22.8 Å². The second kappa shape index (κ2) is 3.53. The molecule has 5 heteroatoms. The highest BCUT2D eigenvalue weighted by Gasteiger charge is 2.03. The molecule has 76 valence electrons. The third-order valence-corrected chi connectivity index (χ3v) is 2.20. The van der Waals surface area contributed by atoms with Gasteiger partial charge in [-0.15, -0.1) is 0 Å². The van der Waals surface area contributed by atoms with E-state index in [0.29, 0.717) is 5.56 Å². The van der Waals surface area contributed by atoms with Gasteiger partial charge >= 0.3 is 0 Å². The van der Waals surface area contributed by atoms with Crippen molar-refractivity contribution in [1.29, 1.82) is 0 Å². The highest BCUT2D eigenvalue weighted by atomic mass is 16.4. The first-order chi connectivity index (χ1) is 7.22. The molecule has 0 fully saturated rings. The molecule has 2 N–H and O–H groups in total. The van der Waals surface area contributed by atoms with Crippen LogP contribution in [0.1, 0.15) is 11.3 Å². The third kappa shape index (κ3) is 1.59. The van der Waals surface area contributed by atoms with Crippen LogP contribution < -0.4 is 5.56 Å². The van der Waals surface area contributed by atoms with Gasteiger partial charge in [0.2, 0.25) is 0 Å². The fraction of sp³-hybridized carbons (Fsp3) is 0.100. The molecule has 5 nitrogen and oxygen atoms in total. The fourth-order valence-corrected chi connectivity index (χ4v) is 1.44. The van der Waals surface area contributed by atoms with Crippen molar-refractivity contribution in [2.24, 2.45) is 5.16 Å². The van der Waals surface area contributed by atoms with Crippen molar-refractivity contribution in [1.82, 2.24) is 9.97 Å². The topological polar surface area (TPSA) is 78.3 Å². The second-order valence-corrected chi connectivity index (χ2v) is 3.16. The van der Waals surface area contributed by atoms with E-state index in [1.165, 1.54) is 0 Å². The van der Waals surface area contributed by atoms with Gasteiger partial charge in [-0.3, -0.25) is 9.78 Å². The van der Waals surface area contributed by atoms with E-state index in [9.17, 15) is 4.79 Å². The number of hydrogen-bond donors (Lipinski definition) is 2. The Morgan fingerprint density at radius 2 is 2.40 bits per heavy atom. The normalized spacial score (nSPS) is 11.3. The SMILES string of the molecule is Cc1nccc2[nH]c(=O)c(/C=N/O)cc12. The lowest BCUT2D eigenvalue weighted by Crippen LogP contribution is -2.12. The Labute approximate surface area is 85.1 Å². The van der Waals surface area contributed by atoms with E-state index >= 15 is 0 Å². The van der Waals surface area contributed by atoms with Gasteiger partial charge in [0, 0.05) is 17.3 Å². The zero-order valence-corrected chi connectivity index (χ0v) is 8.06. The van der Waals surface area contributed by atoms with Gasteiger partial charge in [-0.25, -0.2) is 0 Å². The fourth-order valence-electron chi connectivity index (χ4n) is 1.44. The van der Waals surface area contributed by atoms with Crippen LogP contribution >= 0.6 is 0 Å². The van der Waals surface area contributed by atoms with Crippen LogP contribution in [0.5, 0.6) is 0 Å². The molecular weight excluding hydrogens is 194 g/mol. The number of oxime groups is 1. The number of aryl methyl sites for hydroxylation is 1. The number of nitrogens with zero attached hydrogens (tertiary/aromatic N) is 2. The van der Waals surface area contributed by atoms with E-state index < -0.39 is 0 Å². The Kier molecular flexibility index (Phi) is 2.21. The maximum absolute atomic E-state index is 11.5. The van der Waals surface area contributed by atoms with Crippen LogP contribution in [0.2, 0.25) is 0 Å². The van der Waals surface area contributed by atoms with Crippen LogP contribution in [0.3, 0.4) is 0 Å². The lowest BCUT2D eigenvalue weighted by Gasteiger charge is -2.01. The number of rotatable bonds is 1. The average Bonchev–Trinajstić information content (AvgIpc) is 2.21. The van der Waals surface area contributed by atoms with Crippen molar-refractivity contribution in [2.75, 3.05) is 0 Å². The molecule has 15 heavy (non-hydrogen) atoms. The Hall–Kier alpha value is -2.17. The smallest absolute Gasteiger partial charge is 0.257 e. The molecule has 0 bridgehead atoms. The largest absolute Gasteiger partial charge is 0.411 e. The molecule has 0 spiro atoms. The van der Waals surface area contributed by atoms with Gasteiger partial charge in [-0.2, -0.15) is 0 Å². The first-order valence-corrected chi connectivity index (χ1v) is 4.38. The maximum atomic E-state index is 11.5. The Bertz CT molecular complexity index is 587. The molecule has 0 amide bonds. The minimum Gasteiger partial charge on any atom is -0.411 e. The van der Waals surface area contributed by atoms with Crippen molar-refractivity contribution < 1.29 is 5.21 Å². The predicted molar refractivity (Wildman–Crippen MR) is 56.5 cm³/mol. The van der Waals surface area contributed by atoms with Crippen LogP contribution in [-0.2, 0) is 0 Å². The molecular formula is C10H9N3O2. The number of pyridine rings is 2. The van der Waals surface area contributed by atoms with E-state index in [1.807, 2.05) is 6.92 Å². The molecule has 0 saturated carbocycles. The monoisotopic (exact) mass is 203 g/mol. The number of hydrogen-bond acceptors (Lipinski definition) is 4. The third-order valence-electron chi connectivity index (χ3n) is 2.20. The zero-order chi connectivity index (χ0) is 10.8.